The third-order valence-corrected chi connectivity index (χ3v) is 16.2. The highest BCUT2D eigenvalue weighted by Crippen LogP contribution is 2.30. The van der Waals surface area contributed by atoms with Gasteiger partial charge in [0.2, 0.25) is 0 Å². The van der Waals surface area contributed by atoms with Crippen molar-refractivity contribution in [2.24, 2.45) is 32.5 Å². The van der Waals surface area contributed by atoms with Crippen LogP contribution in [0, 0.1) is 32.5 Å². The first-order valence-corrected chi connectivity index (χ1v) is 47.9. The molecule has 0 aliphatic heterocycles. The fourth-order valence-corrected chi connectivity index (χ4v) is 10.2. The van der Waals surface area contributed by atoms with Crippen LogP contribution in [0.1, 0.15) is 333 Å². The number of pyridine rings is 1. The van der Waals surface area contributed by atoms with Crippen LogP contribution >= 0.6 is 0 Å². The minimum Gasteiger partial charge on any atom is -0.493 e. The third-order valence-electron chi connectivity index (χ3n) is 16.2. The van der Waals surface area contributed by atoms with E-state index in [1.807, 2.05) is 139 Å². The van der Waals surface area contributed by atoms with Crippen LogP contribution < -0.4 is 69.8 Å². The summed E-state index contributed by atoms with van der Waals surface area (Å²) < 4.78 is 46.6. The summed E-state index contributed by atoms with van der Waals surface area (Å²) in [4.78, 5) is 4.45. The maximum absolute atomic E-state index is 5.99. The number of aromatic nitrogens is 1. The van der Waals surface area contributed by atoms with Gasteiger partial charge in [0.1, 0.15) is 66.5 Å². The number of hydrogen-bond acceptors (Lipinski definition) is 15. The van der Waals surface area contributed by atoms with Gasteiger partial charge in [-0.25, -0.2) is 0 Å². The second-order valence-corrected chi connectivity index (χ2v) is 45.2. The van der Waals surface area contributed by atoms with Gasteiger partial charge >= 0.3 is 0 Å². The number of hydrogen-bond donors (Lipinski definition) is 6. The maximum Gasteiger partial charge on any atom is 0.161 e. The first-order valence-electron chi connectivity index (χ1n) is 47.9. The molecule has 0 amide bonds. The summed E-state index contributed by atoms with van der Waals surface area (Å²) in [6.45, 7) is 104. The topological polar surface area (TPSA) is 159 Å². The zero-order chi connectivity index (χ0) is 99.1. The monoisotopic (exact) mass is 1780 g/mol. The normalized spacial score (nSPS) is 12.7. The Labute approximate surface area is 789 Å². The Hall–Kier alpha value is -7.37. The molecule has 128 heavy (non-hydrogen) atoms. The number of ether oxygens (including phenoxy) is 8. The van der Waals surface area contributed by atoms with E-state index in [0.717, 1.165) is 104 Å². The molecule has 5 aromatic carbocycles. The molecule has 15 heteroatoms. The maximum atomic E-state index is 5.99. The Morgan fingerprint density at radius 2 is 0.594 bits per heavy atom. The van der Waals surface area contributed by atoms with E-state index in [-0.39, 0.29) is 77.9 Å². The van der Waals surface area contributed by atoms with Gasteiger partial charge in [-0.2, -0.15) is 0 Å². The molecule has 0 fully saturated rings. The fourth-order valence-electron chi connectivity index (χ4n) is 10.2. The van der Waals surface area contributed by atoms with Crippen LogP contribution in [-0.4, -0.2) is 129 Å². The van der Waals surface area contributed by atoms with E-state index in [4.69, 9.17) is 37.9 Å². The lowest BCUT2D eigenvalue weighted by Crippen LogP contribution is -2.41. The molecule has 6 rings (SSSR count). The average Bonchev–Trinajstić information content (AvgIpc) is 0.807. The number of rotatable bonds is 33. The van der Waals surface area contributed by atoms with Gasteiger partial charge in [0.25, 0.3) is 0 Å². The lowest BCUT2D eigenvalue weighted by molar-refractivity contribution is 0.187. The van der Waals surface area contributed by atoms with Crippen LogP contribution in [0.4, 0.5) is 0 Å². The van der Waals surface area contributed by atoms with Gasteiger partial charge in [-0.1, -0.05) is 257 Å². The van der Waals surface area contributed by atoms with E-state index in [2.05, 4.69) is 379 Å². The first-order chi connectivity index (χ1) is 58.7. The predicted molar refractivity (Wildman–Crippen MR) is 562 cm³/mol. The second kappa shape index (κ2) is 62.1. The van der Waals surface area contributed by atoms with Gasteiger partial charge < -0.3 is 69.8 Å². The van der Waals surface area contributed by atoms with Gasteiger partial charge in [-0.05, 0) is 280 Å². The predicted octanol–water partition coefficient (Wildman–Crippen LogP) is 29.0. The zero-order valence-electron chi connectivity index (χ0n) is 90.5. The molecule has 0 unspecified atom stereocenters. The Balaban J connectivity index is -0.00000145. The second-order valence-electron chi connectivity index (χ2n) is 45.2. The standard InChI is InChI=1S/2C19H31NO.C18H31NO2.C18H29NO.C17H29NO2.C16H28N2O.3C2H6/c2*1-15(14-20-19(5,6)7)21-17-10-8-9-16(13-17)11-12-18(2,3)4;1-17(2,3)14-21-16-11-8-7-10-15(16)20-13-9-12-19-18(4,5)6;1-17(2,3)11-10-15-8-7-9-16(14-15)20-13-12-19-18(4,5)6;1-16(2,3)13-20-15-9-7-8-14(12-15)19-11-10-18-17(4,5)6;1-15(2,3)11-13-7-8-14(12-17-13)19-10-9-18-16(4,5)6;3*1-2/h2*8-13,15,20H,14H2,1-7H3;7-8,10-11,19H,9,12-14H2,1-6H3;7-11,14,19H,12-13H2,1-6H3;7-9,12,18H,10-11,13H2,1-6H3;7-8,12,18H,9-11H2,1-6H3;3*1-2H3/b2*12-11+;;11-10+;;;;;/t2*15-;;;;;;;/m10......./s1. The van der Waals surface area contributed by atoms with E-state index in [9.17, 15) is 0 Å². The van der Waals surface area contributed by atoms with Crippen LogP contribution in [0.25, 0.3) is 18.2 Å². The fraction of sp³-hybridized carbons (Fsp3) is 0.637. The molecule has 0 saturated carbocycles. The summed E-state index contributed by atoms with van der Waals surface area (Å²) in [5, 5.41) is 20.6. The van der Waals surface area contributed by atoms with Crippen LogP contribution in [0.3, 0.4) is 0 Å². The lowest BCUT2D eigenvalue weighted by atomic mass is 9.90. The summed E-state index contributed by atoms with van der Waals surface area (Å²) in [6, 6.07) is 44.5. The summed E-state index contributed by atoms with van der Waals surface area (Å²) in [6.07, 6.45) is 17.2. The molecule has 6 aromatic rings. The number of benzene rings is 5. The number of nitrogens with zero attached hydrogens (tertiary/aromatic N) is 1. The molecule has 15 nitrogen and oxygen atoms in total. The molecule has 1 heterocycles. The van der Waals surface area contributed by atoms with Crippen molar-refractivity contribution in [3.8, 4) is 46.0 Å². The lowest BCUT2D eigenvalue weighted by Gasteiger charge is -2.24. The van der Waals surface area contributed by atoms with Crippen molar-refractivity contribution in [3.63, 3.8) is 0 Å². The Morgan fingerprint density at radius 1 is 0.289 bits per heavy atom. The van der Waals surface area contributed by atoms with Crippen LogP contribution in [0.5, 0.6) is 46.0 Å². The van der Waals surface area contributed by atoms with Crippen molar-refractivity contribution < 1.29 is 37.9 Å². The third kappa shape index (κ3) is 81.8. The molecule has 0 spiro atoms. The number of para-hydroxylation sites is 2. The van der Waals surface area contributed by atoms with Crippen molar-refractivity contribution in [1.29, 1.82) is 0 Å². The average molecular weight is 1780 g/mol. The van der Waals surface area contributed by atoms with E-state index in [0.29, 0.717) is 39.6 Å². The smallest absolute Gasteiger partial charge is 0.161 e. The Bertz CT molecular complexity index is 3760. The number of allylic oxidation sites excluding steroid dienone is 3. The molecule has 0 bridgehead atoms. The molecule has 6 N–H and O–H groups in total. The largest absolute Gasteiger partial charge is 0.493 e. The highest BCUT2D eigenvalue weighted by atomic mass is 16.5. The summed E-state index contributed by atoms with van der Waals surface area (Å²) in [5.74, 6) is 7.00. The summed E-state index contributed by atoms with van der Waals surface area (Å²) >= 11 is 0. The van der Waals surface area contributed by atoms with Crippen LogP contribution in [0.2, 0.25) is 0 Å². The van der Waals surface area contributed by atoms with Gasteiger partial charge in [0.15, 0.2) is 11.5 Å². The van der Waals surface area contributed by atoms with Gasteiger partial charge in [0.05, 0.1) is 26.0 Å². The van der Waals surface area contributed by atoms with E-state index in [1.54, 1.807) is 0 Å². The van der Waals surface area contributed by atoms with E-state index in [1.165, 1.54) is 16.7 Å². The highest BCUT2D eigenvalue weighted by molar-refractivity contribution is 5.54. The van der Waals surface area contributed by atoms with Crippen LogP contribution in [0.15, 0.2) is 158 Å². The van der Waals surface area contributed by atoms with E-state index >= 15 is 0 Å². The zero-order valence-corrected chi connectivity index (χ0v) is 90.5. The summed E-state index contributed by atoms with van der Waals surface area (Å²) in [5.41, 5.74) is 6.63. The van der Waals surface area contributed by atoms with Crippen molar-refractivity contribution in [2.45, 2.75) is 363 Å². The minimum absolute atomic E-state index is 0.120. The Morgan fingerprint density at radius 3 is 0.922 bits per heavy atom. The van der Waals surface area contributed by atoms with Gasteiger partial charge in [0, 0.05) is 77.7 Å². The molecule has 0 radical (unpaired) electrons. The first kappa shape index (κ1) is 125. The molecule has 0 aliphatic carbocycles. The van der Waals surface area contributed by atoms with Crippen LogP contribution in [-0.2, 0) is 6.42 Å². The molecule has 1 aromatic heterocycles. The van der Waals surface area contributed by atoms with Gasteiger partial charge in [-0.15, -0.1) is 0 Å². The van der Waals surface area contributed by atoms with Gasteiger partial charge in [-0.3, -0.25) is 4.98 Å². The SMILES string of the molecule is CC.CC.CC.CC(C)(C)/C=C/c1cccc(OCCNC(C)(C)C)c1.CC(C)(C)COc1cccc(OCCNC(C)(C)C)c1.CC(C)(C)COc1ccccc1OCCCNC(C)(C)C.CC(C)(C)Cc1ccc(OCCNC(C)(C)C)cn1.C[C@@H](CNC(C)(C)C)Oc1cccc(/C=C/C(C)(C)C)c1.C[C@H](CNC(C)(C)C)Oc1cccc(/C=C/C(C)(C)C)c1. The highest BCUT2D eigenvalue weighted by Gasteiger charge is 2.20. The number of nitrogens with one attached hydrogen (secondary N) is 6. The molecular formula is C113H197N7O8. The summed E-state index contributed by atoms with van der Waals surface area (Å²) in [7, 11) is 0. The van der Waals surface area contributed by atoms with E-state index < -0.39 is 0 Å². The quantitative estimate of drug-likeness (QED) is 0.0216. The van der Waals surface area contributed by atoms with Crippen molar-refractivity contribution in [2.75, 3.05) is 78.9 Å². The van der Waals surface area contributed by atoms with Crippen molar-refractivity contribution in [3.05, 3.63) is 180 Å². The molecular weight excluding hydrogens is 1580 g/mol. The van der Waals surface area contributed by atoms with Crippen molar-refractivity contribution in [1.82, 2.24) is 36.9 Å². The molecule has 2 atom stereocenters. The van der Waals surface area contributed by atoms with Crippen molar-refractivity contribution >= 4 is 18.2 Å². The Kier molecular flexibility index (Phi) is 60.5. The molecule has 0 saturated heterocycles. The minimum atomic E-state index is 0.120. The molecule has 732 valence electrons. The molecule has 0 aliphatic rings.